The van der Waals surface area contributed by atoms with Crippen molar-refractivity contribution in [1.29, 1.82) is 0 Å². The number of ether oxygens (including phenoxy) is 2. The Hall–Kier alpha value is -1.75. The summed E-state index contributed by atoms with van der Waals surface area (Å²) in [7, 11) is 0. The van der Waals surface area contributed by atoms with Crippen molar-refractivity contribution in [3.8, 4) is 11.5 Å². The van der Waals surface area contributed by atoms with Crippen LogP contribution in [0.1, 0.15) is 39.7 Å². The third-order valence-electron chi connectivity index (χ3n) is 4.53. The molecule has 0 radical (unpaired) electrons. The molecule has 0 saturated carbocycles. The third-order valence-corrected chi connectivity index (χ3v) is 4.53. The fourth-order valence-corrected chi connectivity index (χ4v) is 3.19. The van der Waals surface area contributed by atoms with Crippen LogP contribution in [0.3, 0.4) is 0 Å². The van der Waals surface area contributed by atoms with E-state index >= 15 is 0 Å². The Labute approximate surface area is 145 Å². The van der Waals surface area contributed by atoms with E-state index in [-0.39, 0.29) is 5.91 Å². The number of piperidine rings is 1. The summed E-state index contributed by atoms with van der Waals surface area (Å²) < 4.78 is 11.3. The molecule has 1 saturated heterocycles. The first kappa shape index (κ1) is 18.6. The Kier molecular flexibility index (Phi) is 6.91. The van der Waals surface area contributed by atoms with Crippen LogP contribution in [0.5, 0.6) is 11.5 Å². The van der Waals surface area contributed by atoms with Gasteiger partial charge in [-0.25, -0.2) is 0 Å². The van der Waals surface area contributed by atoms with E-state index in [0.29, 0.717) is 25.2 Å². The number of hydrogen-bond donors (Lipinski definition) is 1. The van der Waals surface area contributed by atoms with E-state index in [1.165, 1.54) is 5.56 Å². The van der Waals surface area contributed by atoms with Crippen molar-refractivity contribution >= 4 is 5.91 Å². The Morgan fingerprint density at radius 2 is 1.96 bits per heavy atom. The van der Waals surface area contributed by atoms with E-state index in [1.807, 2.05) is 24.8 Å². The zero-order chi connectivity index (χ0) is 17.5. The predicted molar refractivity (Wildman–Crippen MR) is 95.4 cm³/mol. The van der Waals surface area contributed by atoms with Gasteiger partial charge >= 0.3 is 0 Å². The molecule has 0 aromatic heterocycles. The quantitative estimate of drug-likeness (QED) is 0.833. The fourth-order valence-electron chi connectivity index (χ4n) is 3.19. The van der Waals surface area contributed by atoms with Gasteiger partial charge in [-0.15, -0.1) is 0 Å². The molecular formula is C19H30N2O3. The average molecular weight is 334 g/mol. The number of benzene rings is 1. The van der Waals surface area contributed by atoms with E-state index in [2.05, 4.69) is 24.4 Å². The number of likely N-dealkylation sites (tertiary alicyclic amines) is 1. The topological polar surface area (TPSA) is 50.8 Å². The molecule has 1 heterocycles. The van der Waals surface area contributed by atoms with Gasteiger partial charge in [-0.05, 0) is 43.9 Å². The first-order valence-corrected chi connectivity index (χ1v) is 8.92. The van der Waals surface area contributed by atoms with Gasteiger partial charge in [0.25, 0.3) is 0 Å². The summed E-state index contributed by atoms with van der Waals surface area (Å²) in [5, 5.41) is 3.63. The van der Waals surface area contributed by atoms with Crippen molar-refractivity contribution in [2.24, 2.45) is 5.92 Å². The minimum Gasteiger partial charge on any atom is -0.490 e. The van der Waals surface area contributed by atoms with Gasteiger partial charge in [-0.2, -0.15) is 0 Å². The minimum absolute atomic E-state index is 0.174. The lowest BCUT2D eigenvalue weighted by molar-refractivity contribution is -0.130. The highest BCUT2D eigenvalue weighted by atomic mass is 16.5. The van der Waals surface area contributed by atoms with Crippen LogP contribution in [0.25, 0.3) is 0 Å². The number of carbonyl (C=O) groups is 1. The van der Waals surface area contributed by atoms with Crippen LogP contribution in [-0.2, 0) is 11.3 Å². The van der Waals surface area contributed by atoms with Crippen molar-refractivity contribution in [3.05, 3.63) is 23.8 Å². The van der Waals surface area contributed by atoms with Crippen LogP contribution in [0.2, 0.25) is 0 Å². The molecule has 0 bridgehead atoms. The smallest absolute Gasteiger partial charge is 0.219 e. The summed E-state index contributed by atoms with van der Waals surface area (Å²) in [5.74, 6) is 2.23. The molecular weight excluding hydrogens is 304 g/mol. The van der Waals surface area contributed by atoms with Gasteiger partial charge in [0, 0.05) is 32.6 Å². The average Bonchev–Trinajstić information content (AvgIpc) is 2.56. The van der Waals surface area contributed by atoms with Gasteiger partial charge < -0.3 is 19.7 Å². The molecule has 24 heavy (non-hydrogen) atoms. The van der Waals surface area contributed by atoms with Crippen molar-refractivity contribution in [2.45, 2.75) is 46.7 Å². The van der Waals surface area contributed by atoms with Crippen LogP contribution in [0, 0.1) is 5.92 Å². The number of rotatable bonds is 7. The Morgan fingerprint density at radius 1 is 1.25 bits per heavy atom. The third kappa shape index (κ3) is 4.87. The highest BCUT2D eigenvalue weighted by molar-refractivity contribution is 5.73. The van der Waals surface area contributed by atoms with E-state index in [9.17, 15) is 4.79 Å². The molecule has 1 aromatic carbocycles. The predicted octanol–water partition coefficient (Wildman–Crippen LogP) is 2.83. The molecule has 1 aliphatic rings. The highest BCUT2D eigenvalue weighted by Gasteiger charge is 2.26. The second-order valence-electron chi connectivity index (χ2n) is 6.37. The second kappa shape index (κ2) is 8.92. The molecule has 2 rings (SSSR count). The van der Waals surface area contributed by atoms with Gasteiger partial charge in [0.1, 0.15) is 0 Å². The Morgan fingerprint density at radius 3 is 2.58 bits per heavy atom. The molecule has 0 spiro atoms. The summed E-state index contributed by atoms with van der Waals surface area (Å²) in [4.78, 5) is 13.4. The summed E-state index contributed by atoms with van der Waals surface area (Å²) in [6.45, 7) is 11.5. The van der Waals surface area contributed by atoms with E-state index in [1.54, 1.807) is 6.92 Å². The molecule has 1 N–H and O–H groups in total. The summed E-state index contributed by atoms with van der Waals surface area (Å²) in [6.07, 6.45) is 0.996. The first-order chi connectivity index (χ1) is 11.5. The lowest BCUT2D eigenvalue weighted by Crippen LogP contribution is -2.49. The summed E-state index contributed by atoms with van der Waals surface area (Å²) in [5.41, 5.74) is 1.18. The van der Waals surface area contributed by atoms with Gasteiger partial charge in [0.05, 0.1) is 13.2 Å². The zero-order valence-electron chi connectivity index (χ0n) is 15.3. The lowest BCUT2D eigenvalue weighted by atomic mass is 9.93. The summed E-state index contributed by atoms with van der Waals surface area (Å²) >= 11 is 0. The molecule has 1 fully saturated rings. The summed E-state index contributed by atoms with van der Waals surface area (Å²) in [6, 6.07) is 6.54. The zero-order valence-corrected chi connectivity index (χ0v) is 15.3. The molecule has 1 aromatic rings. The molecule has 5 nitrogen and oxygen atoms in total. The number of carbonyl (C=O) groups excluding carboxylic acids is 1. The molecule has 2 atom stereocenters. The van der Waals surface area contributed by atoms with Crippen LogP contribution < -0.4 is 14.8 Å². The van der Waals surface area contributed by atoms with Gasteiger partial charge in [-0.1, -0.05) is 13.0 Å². The maximum absolute atomic E-state index is 11.5. The first-order valence-electron chi connectivity index (χ1n) is 8.92. The van der Waals surface area contributed by atoms with Crippen LogP contribution >= 0.6 is 0 Å². The maximum Gasteiger partial charge on any atom is 0.219 e. The van der Waals surface area contributed by atoms with Crippen molar-refractivity contribution in [1.82, 2.24) is 10.2 Å². The van der Waals surface area contributed by atoms with E-state index < -0.39 is 0 Å². The van der Waals surface area contributed by atoms with Crippen LogP contribution in [0.15, 0.2) is 18.2 Å². The van der Waals surface area contributed by atoms with Crippen LogP contribution in [-0.4, -0.2) is 43.2 Å². The molecule has 1 amide bonds. The Bertz CT molecular complexity index is 547. The number of hydrogen-bond acceptors (Lipinski definition) is 4. The van der Waals surface area contributed by atoms with Gasteiger partial charge in [0.2, 0.25) is 5.91 Å². The van der Waals surface area contributed by atoms with E-state index in [0.717, 1.165) is 37.6 Å². The van der Waals surface area contributed by atoms with Crippen molar-refractivity contribution in [2.75, 3.05) is 26.3 Å². The highest BCUT2D eigenvalue weighted by Crippen LogP contribution is 2.28. The molecule has 0 unspecified atom stereocenters. The van der Waals surface area contributed by atoms with Crippen LogP contribution in [0.4, 0.5) is 0 Å². The standard InChI is InChI=1S/C19H30N2O3/c1-5-23-18-8-7-16(11-19(18)24-6-2)12-20-17-9-10-21(15(4)22)13-14(17)3/h7-8,11,14,17,20H,5-6,9-10,12-13H2,1-4H3/t14-,17+/m1/s1. The molecule has 1 aliphatic heterocycles. The fraction of sp³-hybridized carbons (Fsp3) is 0.632. The second-order valence-corrected chi connectivity index (χ2v) is 6.37. The van der Waals surface area contributed by atoms with Gasteiger partial charge in [0.15, 0.2) is 11.5 Å². The number of nitrogens with one attached hydrogen (secondary N) is 1. The molecule has 134 valence electrons. The number of nitrogens with zero attached hydrogens (tertiary/aromatic N) is 1. The largest absolute Gasteiger partial charge is 0.490 e. The van der Waals surface area contributed by atoms with Gasteiger partial charge in [-0.3, -0.25) is 4.79 Å². The van der Waals surface area contributed by atoms with E-state index in [4.69, 9.17) is 9.47 Å². The molecule has 0 aliphatic carbocycles. The van der Waals surface area contributed by atoms with Crippen molar-refractivity contribution in [3.63, 3.8) is 0 Å². The normalized spacial score (nSPS) is 20.8. The molecule has 5 heteroatoms. The van der Waals surface area contributed by atoms with Crippen molar-refractivity contribution < 1.29 is 14.3 Å². The maximum atomic E-state index is 11.5. The minimum atomic E-state index is 0.174. The monoisotopic (exact) mass is 334 g/mol. The SMILES string of the molecule is CCOc1ccc(CN[C@H]2CCN(C(C)=O)C[C@H]2C)cc1OCC. The lowest BCUT2D eigenvalue weighted by Gasteiger charge is -2.37. The Balaban J connectivity index is 1.94. The number of amides is 1.